The molecule has 2 aromatic carbocycles. The first-order valence-corrected chi connectivity index (χ1v) is 8.85. The molecule has 1 aliphatic rings. The van der Waals surface area contributed by atoms with E-state index in [0.29, 0.717) is 17.8 Å². The molecule has 1 atom stereocenters. The molecule has 140 valence electrons. The van der Waals surface area contributed by atoms with Crippen molar-refractivity contribution >= 4 is 29.1 Å². The number of benzene rings is 2. The van der Waals surface area contributed by atoms with Crippen LogP contribution in [-0.2, 0) is 9.59 Å². The monoisotopic (exact) mass is 365 g/mol. The largest absolute Gasteiger partial charge is 0.345 e. The highest BCUT2D eigenvalue weighted by Crippen LogP contribution is 2.26. The van der Waals surface area contributed by atoms with Crippen LogP contribution in [0.5, 0.6) is 0 Å². The summed E-state index contributed by atoms with van der Waals surface area (Å²) in [5.74, 6) is -0.831. The number of hydrogen-bond donors (Lipinski definition) is 1. The van der Waals surface area contributed by atoms with Crippen LogP contribution in [0.1, 0.15) is 22.3 Å². The van der Waals surface area contributed by atoms with Crippen molar-refractivity contribution < 1.29 is 14.4 Å². The lowest BCUT2D eigenvalue weighted by Crippen LogP contribution is -2.28. The number of rotatable bonds is 4. The highest BCUT2D eigenvalue weighted by molar-refractivity contribution is 6.04. The Kier molecular flexibility index (Phi) is 5.26. The number of amides is 3. The number of carbonyl (C=O) groups excluding carboxylic acids is 3. The Balaban J connectivity index is 1.69. The van der Waals surface area contributed by atoms with Crippen LogP contribution in [0.4, 0.5) is 11.4 Å². The highest BCUT2D eigenvalue weighted by atomic mass is 16.2. The van der Waals surface area contributed by atoms with Gasteiger partial charge in [0.2, 0.25) is 11.8 Å². The van der Waals surface area contributed by atoms with E-state index in [9.17, 15) is 14.4 Å². The van der Waals surface area contributed by atoms with Gasteiger partial charge in [-0.05, 0) is 37.3 Å². The minimum Gasteiger partial charge on any atom is -0.345 e. The number of aryl methyl sites for hydroxylation is 1. The van der Waals surface area contributed by atoms with Gasteiger partial charge in [-0.1, -0.05) is 23.8 Å². The smallest absolute Gasteiger partial charge is 0.253 e. The van der Waals surface area contributed by atoms with Crippen LogP contribution in [0.3, 0.4) is 0 Å². The Morgan fingerprint density at radius 2 is 1.81 bits per heavy atom. The zero-order valence-electron chi connectivity index (χ0n) is 15.7. The molecule has 6 nitrogen and oxygen atoms in total. The molecule has 1 fully saturated rings. The van der Waals surface area contributed by atoms with Gasteiger partial charge in [-0.2, -0.15) is 0 Å². The lowest BCUT2D eigenvalue weighted by Gasteiger charge is -2.17. The summed E-state index contributed by atoms with van der Waals surface area (Å²) in [4.78, 5) is 40.2. The van der Waals surface area contributed by atoms with Gasteiger partial charge in [0.25, 0.3) is 5.91 Å². The van der Waals surface area contributed by atoms with Crippen LogP contribution in [0.25, 0.3) is 0 Å². The molecular weight excluding hydrogens is 342 g/mol. The number of hydrogen-bond acceptors (Lipinski definition) is 3. The zero-order chi connectivity index (χ0) is 19.6. The van der Waals surface area contributed by atoms with E-state index in [1.165, 1.54) is 4.90 Å². The summed E-state index contributed by atoms with van der Waals surface area (Å²) in [6.45, 7) is 2.34. The molecule has 0 bridgehead atoms. The Morgan fingerprint density at radius 1 is 1.11 bits per heavy atom. The molecule has 0 saturated carbocycles. The number of anilines is 2. The Morgan fingerprint density at radius 3 is 2.48 bits per heavy atom. The predicted molar refractivity (Wildman–Crippen MR) is 105 cm³/mol. The normalized spacial score (nSPS) is 16.3. The molecule has 3 amide bonds. The van der Waals surface area contributed by atoms with Gasteiger partial charge in [0.05, 0.1) is 5.92 Å². The van der Waals surface area contributed by atoms with E-state index in [0.717, 1.165) is 11.3 Å². The Bertz CT molecular complexity index is 874. The summed E-state index contributed by atoms with van der Waals surface area (Å²) in [6.07, 6.45) is 0.177. The van der Waals surface area contributed by atoms with Gasteiger partial charge >= 0.3 is 0 Å². The number of nitrogens with zero attached hydrogens (tertiary/aromatic N) is 2. The van der Waals surface area contributed by atoms with E-state index in [1.807, 2.05) is 31.2 Å². The van der Waals surface area contributed by atoms with E-state index in [-0.39, 0.29) is 24.1 Å². The molecule has 1 N–H and O–H groups in total. The van der Waals surface area contributed by atoms with Crippen molar-refractivity contribution in [2.75, 3.05) is 30.9 Å². The SMILES string of the molecule is Cc1ccc(N2CC(C(=O)Nc3cccc(C(=O)N(C)C)c3)CC2=O)cc1. The van der Waals surface area contributed by atoms with Crippen molar-refractivity contribution in [2.24, 2.45) is 5.92 Å². The average molecular weight is 365 g/mol. The first-order chi connectivity index (χ1) is 12.8. The van der Waals surface area contributed by atoms with Gasteiger partial charge in [0.15, 0.2) is 0 Å². The standard InChI is InChI=1S/C21H23N3O3/c1-14-7-9-18(10-8-14)24-13-16(12-19(24)25)20(26)22-17-6-4-5-15(11-17)21(27)23(2)3/h4-11,16H,12-13H2,1-3H3,(H,22,26). The van der Waals surface area contributed by atoms with Crippen molar-refractivity contribution in [3.05, 3.63) is 59.7 Å². The molecule has 2 aromatic rings. The first kappa shape index (κ1) is 18.6. The van der Waals surface area contributed by atoms with E-state index in [1.54, 1.807) is 43.3 Å². The minimum absolute atomic E-state index is 0.0597. The lowest BCUT2D eigenvalue weighted by atomic mass is 10.1. The second-order valence-corrected chi connectivity index (χ2v) is 7.01. The molecule has 1 saturated heterocycles. The molecule has 0 aromatic heterocycles. The summed E-state index contributed by atoms with van der Waals surface area (Å²) >= 11 is 0. The summed E-state index contributed by atoms with van der Waals surface area (Å²) in [5, 5.41) is 2.83. The van der Waals surface area contributed by atoms with Crippen LogP contribution >= 0.6 is 0 Å². The van der Waals surface area contributed by atoms with Gasteiger partial charge in [-0.25, -0.2) is 0 Å². The van der Waals surface area contributed by atoms with Gasteiger partial charge in [-0.3, -0.25) is 14.4 Å². The van der Waals surface area contributed by atoms with Crippen molar-refractivity contribution in [1.29, 1.82) is 0 Å². The quantitative estimate of drug-likeness (QED) is 0.906. The van der Waals surface area contributed by atoms with E-state index >= 15 is 0 Å². The van der Waals surface area contributed by atoms with Gasteiger partial charge in [0, 0.05) is 44.0 Å². The van der Waals surface area contributed by atoms with Crippen molar-refractivity contribution in [1.82, 2.24) is 4.90 Å². The van der Waals surface area contributed by atoms with E-state index in [4.69, 9.17) is 0 Å². The molecule has 6 heteroatoms. The van der Waals surface area contributed by atoms with Crippen LogP contribution in [-0.4, -0.2) is 43.3 Å². The Hall–Kier alpha value is -3.15. The predicted octanol–water partition coefficient (Wildman–Crippen LogP) is 2.69. The third kappa shape index (κ3) is 4.16. The van der Waals surface area contributed by atoms with Crippen LogP contribution in [0.2, 0.25) is 0 Å². The fraction of sp³-hybridized carbons (Fsp3) is 0.286. The zero-order valence-corrected chi connectivity index (χ0v) is 15.7. The topological polar surface area (TPSA) is 69.7 Å². The molecule has 27 heavy (non-hydrogen) atoms. The molecule has 3 rings (SSSR count). The minimum atomic E-state index is -0.424. The summed E-state index contributed by atoms with van der Waals surface area (Å²) in [6, 6.07) is 14.5. The second kappa shape index (κ2) is 7.61. The highest BCUT2D eigenvalue weighted by Gasteiger charge is 2.35. The maximum Gasteiger partial charge on any atom is 0.253 e. The molecular formula is C21H23N3O3. The Labute approximate surface area is 158 Å². The van der Waals surface area contributed by atoms with Gasteiger partial charge in [-0.15, -0.1) is 0 Å². The molecule has 0 radical (unpaired) electrons. The lowest BCUT2D eigenvalue weighted by molar-refractivity contribution is -0.122. The molecule has 1 heterocycles. The number of carbonyl (C=O) groups is 3. The second-order valence-electron chi connectivity index (χ2n) is 7.01. The molecule has 0 spiro atoms. The van der Waals surface area contributed by atoms with Gasteiger partial charge < -0.3 is 15.1 Å². The van der Waals surface area contributed by atoms with Crippen LogP contribution in [0.15, 0.2) is 48.5 Å². The van der Waals surface area contributed by atoms with Gasteiger partial charge in [0.1, 0.15) is 0 Å². The summed E-state index contributed by atoms with van der Waals surface area (Å²) in [5.41, 5.74) is 2.97. The fourth-order valence-corrected chi connectivity index (χ4v) is 3.09. The summed E-state index contributed by atoms with van der Waals surface area (Å²) in [7, 11) is 3.36. The first-order valence-electron chi connectivity index (χ1n) is 8.85. The molecule has 1 aliphatic heterocycles. The summed E-state index contributed by atoms with van der Waals surface area (Å²) < 4.78 is 0. The molecule has 1 unspecified atom stereocenters. The maximum absolute atomic E-state index is 12.6. The van der Waals surface area contributed by atoms with Crippen molar-refractivity contribution in [2.45, 2.75) is 13.3 Å². The number of nitrogens with one attached hydrogen (secondary N) is 1. The third-order valence-corrected chi connectivity index (χ3v) is 4.62. The average Bonchev–Trinajstić information content (AvgIpc) is 3.04. The van der Waals surface area contributed by atoms with Crippen LogP contribution < -0.4 is 10.2 Å². The van der Waals surface area contributed by atoms with E-state index < -0.39 is 5.92 Å². The molecule has 0 aliphatic carbocycles. The third-order valence-electron chi connectivity index (χ3n) is 4.62. The fourth-order valence-electron chi connectivity index (χ4n) is 3.09. The van der Waals surface area contributed by atoms with E-state index in [2.05, 4.69) is 5.32 Å². The maximum atomic E-state index is 12.6. The van der Waals surface area contributed by atoms with Crippen LogP contribution in [0, 0.1) is 12.8 Å². The van der Waals surface area contributed by atoms with Crippen molar-refractivity contribution in [3.63, 3.8) is 0 Å². The van der Waals surface area contributed by atoms with Crippen molar-refractivity contribution in [3.8, 4) is 0 Å².